The third-order valence-corrected chi connectivity index (χ3v) is 0.727. The van der Waals surface area contributed by atoms with E-state index in [9.17, 15) is 4.79 Å². The number of carbonyl (C=O) groups is 1. The largest absolute Gasteiger partial charge is 0.478 e. The molecule has 0 aliphatic carbocycles. The highest BCUT2D eigenvalue weighted by molar-refractivity contribution is 5.84. The van der Waals surface area contributed by atoms with E-state index >= 15 is 0 Å². The predicted octanol–water partition coefficient (Wildman–Crippen LogP) is -0.0254. The lowest BCUT2D eigenvalue weighted by molar-refractivity contribution is -0.132. The molecule has 0 aliphatic rings. The Morgan fingerprint density at radius 1 is 1.64 bits per heavy atom. The van der Waals surface area contributed by atoms with Gasteiger partial charge in [0.15, 0.2) is 0 Å². The van der Waals surface area contributed by atoms with Gasteiger partial charge in [0.05, 0.1) is 0 Å². The lowest BCUT2D eigenvalue weighted by Gasteiger charge is -1.80. The summed E-state index contributed by atoms with van der Waals surface area (Å²) in [7, 11) is 0. The van der Waals surface area contributed by atoms with Crippen LogP contribution in [0.5, 0.6) is 0 Å². The predicted molar refractivity (Wildman–Crippen MR) is 43.2 cm³/mol. The molecule has 0 unspecified atom stereocenters. The van der Waals surface area contributed by atoms with Crippen molar-refractivity contribution in [1.82, 2.24) is 0 Å². The first-order valence-corrected chi connectivity index (χ1v) is 3.26. The van der Waals surface area contributed by atoms with E-state index < -0.39 is 5.97 Å². The van der Waals surface area contributed by atoms with Crippen LogP contribution in [0.3, 0.4) is 0 Å². The van der Waals surface area contributed by atoms with Gasteiger partial charge in [-0.3, -0.25) is 0 Å². The number of aliphatic hydroxyl groups excluding tert-OH is 1. The average molecular weight is 161 g/mol. The molecular weight excluding hydrogens is 146 g/mol. The summed E-state index contributed by atoms with van der Waals surface area (Å²) in [5.74, 6) is -0.935. The van der Waals surface area contributed by atoms with Crippen molar-refractivity contribution in [1.29, 1.82) is 0 Å². The molecule has 0 aromatic heterocycles. The highest BCUT2D eigenvalue weighted by atomic mass is 16.4. The number of carboxylic acid groups (broad SMARTS) is 1. The monoisotopic (exact) mass is 161 g/mol. The van der Waals surface area contributed by atoms with E-state index in [1.54, 1.807) is 0 Å². The quantitative estimate of drug-likeness (QED) is 0.508. The summed E-state index contributed by atoms with van der Waals surface area (Å²) in [6.07, 6.45) is 0.722. The van der Waals surface area contributed by atoms with Crippen molar-refractivity contribution < 1.29 is 15.0 Å². The molecule has 0 aromatic carbocycles. The molecule has 0 saturated heterocycles. The van der Waals surface area contributed by atoms with E-state index in [-0.39, 0.29) is 12.2 Å². The summed E-state index contributed by atoms with van der Waals surface area (Å²) in [6, 6.07) is 0. The smallest absolute Gasteiger partial charge is 0.330 e. The summed E-state index contributed by atoms with van der Waals surface area (Å²) in [6.45, 7) is 5.41. The van der Waals surface area contributed by atoms with Crippen molar-refractivity contribution >= 4 is 5.97 Å². The number of carboxylic acids is 1. The molecule has 0 aromatic rings. The molecule has 0 radical (unpaired) electrons. The van der Waals surface area contributed by atoms with Gasteiger partial charge in [-0.25, -0.2) is 4.79 Å². The average Bonchev–Trinajstić information content (AvgIpc) is 1.90. The highest BCUT2D eigenvalue weighted by Gasteiger charge is 1.90. The van der Waals surface area contributed by atoms with Crippen LogP contribution in [0.4, 0.5) is 0 Å². The van der Waals surface area contributed by atoms with Gasteiger partial charge in [0.2, 0.25) is 0 Å². The molecule has 0 aliphatic heterocycles. The molecule has 66 valence electrons. The highest BCUT2D eigenvalue weighted by Crippen LogP contribution is 1.81. The molecule has 0 rings (SSSR count). The van der Waals surface area contributed by atoms with Crippen LogP contribution in [0.15, 0.2) is 12.2 Å². The van der Waals surface area contributed by atoms with E-state index in [0.717, 1.165) is 6.42 Å². The minimum Gasteiger partial charge on any atom is -0.478 e. The molecule has 0 heterocycles. The Morgan fingerprint density at radius 3 is 2.00 bits per heavy atom. The van der Waals surface area contributed by atoms with E-state index in [4.69, 9.17) is 15.9 Å². The zero-order valence-electron chi connectivity index (χ0n) is 6.71. The Hall–Kier alpha value is -0.870. The Labute approximate surface area is 66.3 Å². The summed E-state index contributed by atoms with van der Waals surface area (Å²) in [5.41, 5.74) is 5.15. The summed E-state index contributed by atoms with van der Waals surface area (Å²) in [5, 5.41) is 15.9. The number of hydrogen-bond acceptors (Lipinski definition) is 3. The van der Waals surface area contributed by atoms with E-state index in [1.165, 1.54) is 6.92 Å². The van der Waals surface area contributed by atoms with Gasteiger partial charge < -0.3 is 15.9 Å². The molecule has 0 fully saturated rings. The van der Waals surface area contributed by atoms with Crippen LogP contribution < -0.4 is 5.73 Å². The van der Waals surface area contributed by atoms with Gasteiger partial charge in [0.25, 0.3) is 0 Å². The Bertz CT molecular complexity index is 109. The second-order valence-electron chi connectivity index (χ2n) is 1.95. The fraction of sp³-hybridized carbons (Fsp3) is 0.571. The van der Waals surface area contributed by atoms with Crippen LogP contribution in [0, 0.1) is 0 Å². The molecule has 0 spiro atoms. The zero-order valence-corrected chi connectivity index (χ0v) is 6.71. The van der Waals surface area contributed by atoms with Crippen molar-refractivity contribution in [3.05, 3.63) is 12.2 Å². The van der Waals surface area contributed by atoms with Crippen molar-refractivity contribution in [2.75, 3.05) is 13.2 Å². The number of aliphatic carboxylic acids is 1. The van der Waals surface area contributed by atoms with Crippen LogP contribution >= 0.6 is 0 Å². The maximum absolute atomic E-state index is 9.60. The molecule has 4 heteroatoms. The Balaban J connectivity index is 0. The third-order valence-electron chi connectivity index (χ3n) is 0.727. The standard InChI is InChI=1S/C4H6O2.C3H9NO/c1-3(2)4(5)6;4-2-1-3-5/h1H2,2H3,(H,5,6);5H,1-4H2. The van der Waals surface area contributed by atoms with Crippen molar-refractivity contribution in [2.45, 2.75) is 13.3 Å². The molecule has 0 amide bonds. The zero-order chi connectivity index (χ0) is 9.28. The number of hydrogen-bond donors (Lipinski definition) is 3. The van der Waals surface area contributed by atoms with Crippen LogP contribution in [0.25, 0.3) is 0 Å². The van der Waals surface area contributed by atoms with Gasteiger partial charge in [0.1, 0.15) is 0 Å². The minimum atomic E-state index is -0.935. The molecule has 11 heavy (non-hydrogen) atoms. The van der Waals surface area contributed by atoms with Crippen molar-refractivity contribution in [3.8, 4) is 0 Å². The molecule has 4 nitrogen and oxygen atoms in total. The molecular formula is C7H15NO3. The third kappa shape index (κ3) is 17.6. The number of rotatable bonds is 3. The number of nitrogens with two attached hydrogens (primary N) is 1. The molecule has 0 bridgehead atoms. The van der Waals surface area contributed by atoms with Crippen molar-refractivity contribution in [2.24, 2.45) is 5.73 Å². The summed E-state index contributed by atoms with van der Waals surface area (Å²) < 4.78 is 0. The van der Waals surface area contributed by atoms with Crippen LogP contribution in [-0.2, 0) is 4.79 Å². The van der Waals surface area contributed by atoms with Gasteiger partial charge in [-0.15, -0.1) is 0 Å². The maximum Gasteiger partial charge on any atom is 0.330 e. The first-order valence-electron chi connectivity index (χ1n) is 3.26. The van der Waals surface area contributed by atoms with Crippen LogP contribution in [-0.4, -0.2) is 29.3 Å². The first-order chi connectivity index (χ1) is 5.06. The van der Waals surface area contributed by atoms with E-state index in [1.807, 2.05) is 0 Å². The molecule has 0 atom stereocenters. The SMILES string of the molecule is C=C(C)C(=O)O.NCCCO. The lowest BCUT2D eigenvalue weighted by atomic mass is 10.4. The topological polar surface area (TPSA) is 83.5 Å². The van der Waals surface area contributed by atoms with E-state index in [2.05, 4.69) is 6.58 Å². The Morgan fingerprint density at radius 2 is 2.00 bits per heavy atom. The maximum atomic E-state index is 9.60. The van der Waals surface area contributed by atoms with Gasteiger partial charge >= 0.3 is 5.97 Å². The van der Waals surface area contributed by atoms with E-state index in [0.29, 0.717) is 6.54 Å². The lowest BCUT2D eigenvalue weighted by Crippen LogP contribution is -1.99. The molecule has 0 saturated carbocycles. The summed E-state index contributed by atoms with van der Waals surface area (Å²) in [4.78, 5) is 9.60. The normalized spacial score (nSPS) is 7.91. The van der Waals surface area contributed by atoms with Crippen molar-refractivity contribution in [3.63, 3.8) is 0 Å². The van der Waals surface area contributed by atoms with Crippen LogP contribution in [0.1, 0.15) is 13.3 Å². The molecule has 4 N–H and O–H groups in total. The summed E-state index contributed by atoms with van der Waals surface area (Å²) >= 11 is 0. The second-order valence-corrected chi connectivity index (χ2v) is 1.95. The van der Waals surface area contributed by atoms with Gasteiger partial charge in [-0.1, -0.05) is 6.58 Å². The second kappa shape index (κ2) is 9.13. The fourth-order valence-electron chi connectivity index (χ4n) is 0.0913. The van der Waals surface area contributed by atoms with Gasteiger partial charge in [0, 0.05) is 12.2 Å². The van der Waals surface area contributed by atoms with Crippen LogP contribution in [0.2, 0.25) is 0 Å². The van der Waals surface area contributed by atoms with Gasteiger partial charge in [-0.05, 0) is 19.9 Å². The minimum absolute atomic E-state index is 0.176. The first kappa shape index (κ1) is 12.8. The number of aliphatic hydroxyl groups is 1. The fourth-order valence-corrected chi connectivity index (χ4v) is 0.0913. The Kier molecular flexibility index (Phi) is 10.6. The van der Waals surface area contributed by atoms with Gasteiger partial charge in [-0.2, -0.15) is 0 Å².